The molecule has 1 aromatic rings. The van der Waals surface area contributed by atoms with Crippen LogP contribution in [-0.4, -0.2) is 38.1 Å². The van der Waals surface area contributed by atoms with Crippen molar-refractivity contribution in [3.8, 4) is 5.75 Å². The van der Waals surface area contributed by atoms with Gasteiger partial charge in [-0.1, -0.05) is 5.16 Å². The molecule has 1 rings (SSSR count). The predicted octanol–water partition coefficient (Wildman–Crippen LogP) is 0.595. The van der Waals surface area contributed by atoms with E-state index in [2.05, 4.69) is 5.16 Å². The summed E-state index contributed by atoms with van der Waals surface area (Å²) in [6.45, 7) is 0.329. The Bertz CT molecular complexity index is 508. The zero-order chi connectivity index (χ0) is 13.6. The summed E-state index contributed by atoms with van der Waals surface area (Å²) in [5.74, 6) is 0.742. The smallest absolute Gasteiger partial charge is 0.170 e. The van der Waals surface area contributed by atoms with E-state index in [4.69, 9.17) is 15.7 Å². The molecule has 0 radical (unpaired) electrons. The van der Waals surface area contributed by atoms with Crippen molar-refractivity contribution in [2.75, 3.05) is 18.6 Å². The average molecular weight is 272 g/mol. The first-order valence-corrected chi connectivity index (χ1v) is 7.37. The number of amidine groups is 1. The number of hydrogen-bond acceptors (Lipinski definition) is 5. The van der Waals surface area contributed by atoms with Crippen molar-refractivity contribution in [1.29, 1.82) is 0 Å². The van der Waals surface area contributed by atoms with Gasteiger partial charge in [0, 0.05) is 11.8 Å². The molecule has 0 spiro atoms. The predicted molar refractivity (Wildman–Crippen MR) is 68.8 cm³/mol. The van der Waals surface area contributed by atoms with Gasteiger partial charge in [-0.15, -0.1) is 0 Å². The molecular formula is C11H16N2O4S. The maximum Gasteiger partial charge on any atom is 0.170 e. The molecule has 0 saturated heterocycles. The highest BCUT2D eigenvalue weighted by Crippen LogP contribution is 2.12. The zero-order valence-electron chi connectivity index (χ0n) is 10.0. The van der Waals surface area contributed by atoms with Crippen LogP contribution in [0.15, 0.2) is 29.4 Å². The minimum atomic E-state index is -2.94. The maximum atomic E-state index is 10.9. The van der Waals surface area contributed by atoms with Gasteiger partial charge in [0.15, 0.2) is 5.84 Å². The third kappa shape index (κ3) is 5.05. The van der Waals surface area contributed by atoms with E-state index >= 15 is 0 Å². The van der Waals surface area contributed by atoms with E-state index in [1.807, 2.05) is 0 Å². The number of rotatable bonds is 6. The maximum absolute atomic E-state index is 10.9. The molecule has 0 aliphatic heterocycles. The van der Waals surface area contributed by atoms with Crippen LogP contribution >= 0.6 is 0 Å². The van der Waals surface area contributed by atoms with Crippen molar-refractivity contribution in [1.82, 2.24) is 0 Å². The Morgan fingerprint density at radius 1 is 1.39 bits per heavy atom. The summed E-state index contributed by atoms with van der Waals surface area (Å²) in [7, 11) is -2.94. The molecule has 0 bridgehead atoms. The second-order valence-corrected chi connectivity index (χ2v) is 6.10. The van der Waals surface area contributed by atoms with Crippen molar-refractivity contribution in [3.63, 3.8) is 0 Å². The van der Waals surface area contributed by atoms with E-state index in [-0.39, 0.29) is 11.6 Å². The van der Waals surface area contributed by atoms with Crippen LogP contribution in [0.4, 0.5) is 0 Å². The summed E-state index contributed by atoms with van der Waals surface area (Å²) in [6.07, 6.45) is 1.64. The molecule has 0 aliphatic carbocycles. The molecule has 0 amide bonds. The van der Waals surface area contributed by atoms with Gasteiger partial charge in [0.05, 0.1) is 12.4 Å². The molecule has 0 aliphatic rings. The summed E-state index contributed by atoms with van der Waals surface area (Å²) in [5.41, 5.74) is 5.99. The van der Waals surface area contributed by atoms with Crippen molar-refractivity contribution in [2.45, 2.75) is 6.42 Å². The van der Waals surface area contributed by atoms with Gasteiger partial charge in [0.25, 0.3) is 0 Å². The lowest BCUT2D eigenvalue weighted by Gasteiger charge is -2.06. The largest absolute Gasteiger partial charge is 0.494 e. The molecule has 0 fully saturated rings. The molecule has 1 aromatic carbocycles. The van der Waals surface area contributed by atoms with Gasteiger partial charge < -0.3 is 15.7 Å². The van der Waals surface area contributed by atoms with Crippen LogP contribution in [0.3, 0.4) is 0 Å². The zero-order valence-corrected chi connectivity index (χ0v) is 10.9. The molecule has 6 nitrogen and oxygen atoms in total. The lowest BCUT2D eigenvalue weighted by atomic mass is 10.2. The van der Waals surface area contributed by atoms with Gasteiger partial charge in [-0.05, 0) is 30.7 Å². The first-order chi connectivity index (χ1) is 8.42. The van der Waals surface area contributed by atoms with Crippen LogP contribution in [0.1, 0.15) is 12.0 Å². The Hall–Kier alpha value is -1.76. The van der Waals surface area contributed by atoms with Crippen LogP contribution in [0.2, 0.25) is 0 Å². The van der Waals surface area contributed by atoms with E-state index in [0.717, 1.165) is 0 Å². The number of nitrogens with two attached hydrogens (primary N) is 1. The van der Waals surface area contributed by atoms with Crippen molar-refractivity contribution in [2.24, 2.45) is 10.9 Å². The number of nitrogens with zero attached hydrogens (tertiary/aromatic N) is 1. The summed E-state index contributed by atoms with van der Waals surface area (Å²) in [6, 6.07) is 6.66. The van der Waals surface area contributed by atoms with Gasteiger partial charge in [0.2, 0.25) is 0 Å². The quantitative estimate of drug-likeness (QED) is 0.259. The number of oxime groups is 1. The molecular weight excluding hydrogens is 256 g/mol. The van der Waals surface area contributed by atoms with E-state index in [1.165, 1.54) is 6.26 Å². The summed E-state index contributed by atoms with van der Waals surface area (Å²) in [5, 5.41) is 11.4. The molecule has 0 saturated carbocycles. The minimum absolute atomic E-state index is 0.0265. The van der Waals surface area contributed by atoms with Crippen LogP contribution in [0.25, 0.3) is 0 Å². The van der Waals surface area contributed by atoms with Gasteiger partial charge in [-0.2, -0.15) is 0 Å². The molecule has 0 aromatic heterocycles. The first kappa shape index (κ1) is 14.3. The standard InChI is InChI=1S/C11H16N2O4S/c1-18(15,16)8-2-7-17-10-5-3-9(4-6-10)11(12)13-14/h3-6,14H,2,7-8H2,1H3,(H2,12,13). The van der Waals surface area contributed by atoms with Crippen LogP contribution in [-0.2, 0) is 9.84 Å². The highest BCUT2D eigenvalue weighted by Gasteiger charge is 2.03. The van der Waals surface area contributed by atoms with Gasteiger partial charge in [0.1, 0.15) is 15.6 Å². The number of hydrogen-bond donors (Lipinski definition) is 2. The molecule has 0 unspecified atom stereocenters. The Balaban J connectivity index is 2.45. The van der Waals surface area contributed by atoms with Crippen LogP contribution in [0.5, 0.6) is 5.75 Å². The van der Waals surface area contributed by atoms with Gasteiger partial charge in [-0.25, -0.2) is 8.42 Å². The highest BCUT2D eigenvalue weighted by molar-refractivity contribution is 7.90. The SMILES string of the molecule is CS(=O)(=O)CCCOc1ccc(C(N)=NO)cc1. The molecule has 7 heteroatoms. The number of benzene rings is 1. The van der Waals surface area contributed by atoms with Crippen LogP contribution < -0.4 is 10.5 Å². The topological polar surface area (TPSA) is 102 Å². The molecule has 100 valence electrons. The van der Waals surface area contributed by atoms with E-state index < -0.39 is 9.84 Å². The first-order valence-electron chi connectivity index (χ1n) is 5.31. The third-order valence-electron chi connectivity index (χ3n) is 2.19. The molecule has 0 heterocycles. The van der Waals surface area contributed by atoms with E-state index in [0.29, 0.717) is 24.3 Å². The third-order valence-corrected chi connectivity index (χ3v) is 3.22. The normalized spacial score (nSPS) is 12.4. The van der Waals surface area contributed by atoms with Gasteiger partial charge in [-0.3, -0.25) is 0 Å². The van der Waals surface area contributed by atoms with E-state index in [9.17, 15) is 8.42 Å². The fraction of sp³-hybridized carbons (Fsp3) is 0.364. The van der Waals surface area contributed by atoms with Crippen molar-refractivity contribution < 1.29 is 18.4 Å². The average Bonchev–Trinajstić information content (AvgIpc) is 2.33. The fourth-order valence-corrected chi connectivity index (χ4v) is 1.93. The Kier molecular flexibility index (Phi) is 4.96. The minimum Gasteiger partial charge on any atom is -0.494 e. The summed E-state index contributed by atoms with van der Waals surface area (Å²) in [4.78, 5) is 0. The second kappa shape index (κ2) is 6.25. The van der Waals surface area contributed by atoms with Crippen LogP contribution in [0, 0.1) is 0 Å². The van der Waals surface area contributed by atoms with Crippen molar-refractivity contribution in [3.05, 3.63) is 29.8 Å². The number of ether oxygens (including phenoxy) is 1. The molecule has 3 N–H and O–H groups in total. The lowest BCUT2D eigenvalue weighted by Crippen LogP contribution is -2.12. The lowest BCUT2D eigenvalue weighted by molar-refractivity contribution is 0.317. The van der Waals surface area contributed by atoms with Crippen molar-refractivity contribution >= 4 is 15.7 Å². The molecule has 0 atom stereocenters. The summed E-state index contributed by atoms with van der Waals surface area (Å²) >= 11 is 0. The Labute approximate surface area is 106 Å². The second-order valence-electron chi connectivity index (χ2n) is 3.84. The van der Waals surface area contributed by atoms with Gasteiger partial charge >= 0.3 is 0 Å². The number of sulfone groups is 1. The summed E-state index contributed by atoms with van der Waals surface area (Å²) < 4.78 is 27.1. The highest BCUT2D eigenvalue weighted by atomic mass is 32.2. The molecule has 18 heavy (non-hydrogen) atoms. The Morgan fingerprint density at radius 2 is 2.00 bits per heavy atom. The van der Waals surface area contributed by atoms with E-state index in [1.54, 1.807) is 24.3 Å². The fourth-order valence-electron chi connectivity index (χ4n) is 1.29. The monoisotopic (exact) mass is 272 g/mol. The Morgan fingerprint density at radius 3 is 2.50 bits per heavy atom.